The molecule has 1 aromatic carbocycles. The number of halogens is 5. The Hall–Kier alpha value is -1.18. The van der Waals surface area contributed by atoms with Crippen LogP contribution in [-0.4, -0.2) is 23.1 Å². The number of hydrogen-bond donors (Lipinski definition) is 0. The Morgan fingerprint density at radius 2 is 1.81 bits per heavy atom. The summed E-state index contributed by atoms with van der Waals surface area (Å²) in [5.74, 6) is 0.249. The van der Waals surface area contributed by atoms with Gasteiger partial charge in [0.15, 0.2) is 5.69 Å². The van der Waals surface area contributed by atoms with Crippen LogP contribution >= 0.6 is 35.0 Å². The van der Waals surface area contributed by atoms with Crippen molar-refractivity contribution in [3.05, 3.63) is 40.1 Å². The lowest BCUT2D eigenvalue weighted by atomic mass is 9.83. The largest absolute Gasteiger partial charge is 0.436 e. The summed E-state index contributed by atoms with van der Waals surface area (Å²) in [6.07, 6.45) is -1.44. The van der Waals surface area contributed by atoms with Crippen LogP contribution < -0.4 is 4.90 Å². The highest BCUT2D eigenvalue weighted by molar-refractivity contribution is 7.99. The topological polar surface area (TPSA) is 29.0 Å². The van der Waals surface area contributed by atoms with Gasteiger partial charge >= 0.3 is 6.18 Å². The van der Waals surface area contributed by atoms with Crippen molar-refractivity contribution in [2.24, 2.45) is 5.41 Å². The molecule has 2 aromatic rings. The van der Waals surface area contributed by atoms with Gasteiger partial charge in [-0.2, -0.15) is 13.2 Å². The number of piperidine rings is 1. The van der Waals surface area contributed by atoms with Crippen LogP contribution in [0.5, 0.6) is 0 Å². The zero-order valence-corrected chi connectivity index (χ0v) is 17.1. The minimum atomic E-state index is -4.62. The molecule has 0 bridgehead atoms. The molecule has 9 heteroatoms. The van der Waals surface area contributed by atoms with E-state index < -0.39 is 11.9 Å². The van der Waals surface area contributed by atoms with E-state index in [4.69, 9.17) is 23.2 Å². The first-order valence-electron chi connectivity index (χ1n) is 8.38. The van der Waals surface area contributed by atoms with Gasteiger partial charge in [-0.3, -0.25) is 0 Å². The van der Waals surface area contributed by atoms with Crippen LogP contribution in [0.4, 0.5) is 19.0 Å². The number of anilines is 1. The Morgan fingerprint density at radius 3 is 2.44 bits per heavy atom. The van der Waals surface area contributed by atoms with Crippen LogP contribution in [0.25, 0.3) is 0 Å². The lowest BCUT2D eigenvalue weighted by molar-refractivity contribution is -0.143. The SMILES string of the molecule is CC1(C)CCN(c2cnc(Sc3cccc(Cl)c3Cl)c(C(F)(F)F)n2)CC1. The van der Waals surface area contributed by atoms with Crippen molar-refractivity contribution in [1.29, 1.82) is 0 Å². The van der Waals surface area contributed by atoms with Crippen LogP contribution in [0.1, 0.15) is 32.4 Å². The predicted octanol–water partition coefficient (Wildman–Crippen LogP) is 6.58. The molecule has 27 heavy (non-hydrogen) atoms. The Labute approximate surface area is 170 Å². The summed E-state index contributed by atoms with van der Waals surface area (Å²) >= 11 is 12.9. The van der Waals surface area contributed by atoms with Crippen molar-refractivity contribution in [1.82, 2.24) is 9.97 Å². The van der Waals surface area contributed by atoms with Gasteiger partial charge in [-0.25, -0.2) is 9.97 Å². The fraction of sp³-hybridized carbons (Fsp3) is 0.444. The molecule has 1 aliphatic rings. The number of alkyl halides is 3. The van der Waals surface area contributed by atoms with Gasteiger partial charge in [0.2, 0.25) is 0 Å². The molecule has 0 unspecified atom stereocenters. The molecule has 1 saturated heterocycles. The third kappa shape index (κ3) is 4.81. The highest BCUT2D eigenvalue weighted by Gasteiger charge is 2.38. The van der Waals surface area contributed by atoms with Gasteiger partial charge in [0.25, 0.3) is 0 Å². The van der Waals surface area contributed by atoms with Gasteiger partial charge in [-0.15, -0.1) is 0 Å². The fourth-order valence-electron chi connectivity index (χ4n) is 2.79. The average molecular weight is 436 g/mol. The smallest absolute Gasteiger partial charge is 0.355 e. The second kappa shape index (κ2) is 7.68. The molecule has 2 heterocycles. The van der Waals surface area contributed by atoms with Crippen LogP contribution in [-0.2, 0) is 6.18 Å². The summed E-state index contributed by atoms with van der Waals surface area (Å²) in [6.45, 7) is 5.63. The Morgan fingerprint density at radius 1 is 1.15 bits per heavy atom. The second-order valence-electron chi connectivity index (χ2n) is 7.18. The van der Waals surface area contributed by atoms with E-state index in [1.54, 1.807) is 18.2 Å². The summed E-state index contributed by atoms with van der Waals surface area (Å²) in [6, 6.07) is 4.80. The first kappa shape index (κ1) is 20.6. The summed E-state index contributed by atoms with van der Waals surface area (Å²) in [5, 5.41) is 0.227. The lowest BCUT2D eigenvalue weighted by Crippen LogP contribution is -2.38. The maximum Gasteiger partial charge on any atom is 0.436 e. The summed E-state index contributed by atoms with van der Waals surface area (Å²) in [5.41, 5.74) is -0.818. The van der Waals surface area contributed by atoms with Gasteiger partial charge < -0.3 is 4.90 Å². The number of benzene rings is 1. The molecule has 146 valence electrons. The lowest BCUT2D eigenvalue weighted by Gasteiger charge is -2.37. The predicted molar refractivity (Wildman–Crippen MR) is 103 cm³/mol. The zero-order valence-electron chi connectivity index (χ0n) is 14.8. The Kier molecular flexibility index (Phi) is 5.85. The van der Waals surface area contributed by atoms with Crippen molar-refractivity contribution < 1.29 is 13.2 Å². The second-order valence-corrected chi connectivity index (χ2v) is 9.00. The minimum absolute atomic E-state index is 0.190. The van der Waals surface area contributed by atoms with Gasteiger partial charge in [0, 0.05) is 18.0 Å². The maximum atomic E-state index is 13.6. The molecular weight excluding hydrogens is 418 g/mol. The molecule has 1 aliphatic heterocycles. The quantitative estimate of drug-likeness (QED) is 0.544. The monoisotopic (exact) mass is 435 g/mol. The molecule has 0 spiro atoms. The van der Waals surface area contributed by atoms with Gasteiger partial charge in [0.1, 0.15) is 10.8 Å². The van der Waals surface area contributed by atoms with E-state index in [0.29, 0.717) is 18.0 Å². The molecule has 0 radical (unpaired) electrons. The van der Waals surface area contributed by atoms with Gasteiger partial charge in [-0.05, 0) is 30.4 Å². The van der Waals surface area contributed by atoms with Crippen molar-refractivity contribution in [3.63, 3.8) is 0 Å². The molecule has 0 N–H and O–H groups in total. The van der Waals surface area contributed by atoms with Crippen molar-refractivity contribution >= 4 is 40.8 Å². The van der Waals surface area contributed by atoms with Crippen molar-refractivity contribution in [2.45, 2.75) is 42.8 Å². The molecular formula is C18H18Cl2F3N3S. The Bertz CT molecular complexity index is 833. The molecule has 1 aromatic heterocycles. The number of aromatic nitrogens is 2. The maximum absolute atomic E-state index is 13.6. The zero-order chi connectivity index (χ0) is 19.8. The average Bonchev–Trinajstić information content (AvgIpc) is 2.58. The molecule has 0 atom stereocenters. The first-order chi connectivity index (χ1) is 12.6. The van der Waals surface area contributed by atoms with E-state index in [-0.39, 0.29) is 26.3 Å². The molecule has 0 aliphatic carbocycles. The molecule has 0 saturated carbocycles. The van der Waals surface area contributed by atoms with E-state index in [0.717, 1.165) is 24.6 Å². The van der Waals surface area contributed by atoms with E-state index in [1.165, 1.54) is 6.20 Å². The minimum Gasteiger partial charge on any atom is -0.355 e. The normalized spacial score (nSPS) is 17.2. The fourth-order valence-corrected chi connectivity index (χ4v) is 4.18. The highest BCUT2D eigenvalue weighted by atomic mass is 35.5. The van der Waals surface area contributed by atoms with Crippen LogP contribution in [0.15, 0.2) is 34.3 Å². The summed E-state index contributed by atoms with van der Waals surface area (Å²) < 4.78 is 40.8. The van der Waals surface area contributed by atoms with Crippen LogP contribution in [0, 0.1) is 5.41 Å². The molecule has 0 amide bonds. The van der Waals surface area contributed by atoms with Crippen molar-refractivity contribution in [2.75, 3.05) is 18.0 Å². The van der Waals surface area contributed by atoms with Crippen molar-refractivity contribution in [3.8, 4) is 0 Å². The van der Waals surface area contributed by atoms with Crippen LogP contribution in [0.2, 0.25) is 10.0 Å². The first-order valence-corrected chi connectivity index (χ1v) is 9.95. The third-order valence-electron chi connectivity index (χ3n) is 4.56. The van der Waals surface area contributed by atoms with E-state index in [1.807, 2.05) is 4.90 Å². The van der Waals surface area contributed by atoms with Gasteiger partial charge in [0.05, 0.1) is 16.2 Å². The molecule has 3 nitrogen and oxygen atoms in total. The number of rotatable bonds is 3. The number of nitrogens with zero attached hydrogens (tertiary/aromatic N) is 3. The van der Waals surface area contributed by atoms with E-state index >= 15 is 0 Å². The molecule has 3 rings (SSSR count). The number of hydrogen-bond acceptors (Lipinski definition) is 4. The summed E-state index contributed by atoms with van der Waals surface area (Å²) in [4.78, 5) is 10.2. The van der Waals surface area contributed by atoms with Gasteiger partial charge in [-0.1, -0.05) is 54.9 Å². The molecule has 1 fully saturated rings. The van der Waals surface area contributed by atoms with E-state index in [2.05, 4.69) is 23.8 Å². The third-order valence-corrected chi connectivity index (χ3v) is 6.54. The van der Waals surface area contributed by atoms with Crippen LogP contribution in [0.3, 0.4) is 0 Å². The Balaban J connectivity index is 1.92. The van der Waals surface area contributed by atoms with E-state index in [9.17, 15) is 13.2 Å². The highest BCUT2D eigenvalue weighted by Crippen LogP contribution is 2.42. The summed E-state index contributed by atoms with van der Waals surface area (Å²) in [7, 11) is 0. The standard InChI is InChI=1S/C18H18Cl2F3N3S/c1-17(2)6-8-26(9-7-17)13-10-24-16(15(25-13)18(21,22)23)27-12-5-3-4-11(19)14(12)20/h3-5,10H,6-9H2,1-2H3.